The standard InChI is InChI=1S/C20H24N4OS/c1-13(21-15-9-5-3-4-6-10-15)18-14(2)23-24(19(18)25)20-22-16-11-7-8-12-17(16)26-20/h7-8,11-12,15,23H,3-6,9-10H2,1-2H3. The third kappa shape index (κ3) is 3.26. The molecule has 1 aromatic carbocycles. The second kappa shape index (κ2) is 7.19. The summed E-state index contributed by atoms with van der Waals surface area (Å²) in [6, 6.07) is 8.29. The van der Waals surface area contributed by atoms with E-state index in [1.165, 1.54) is 37.0 Å². The number of benzene rings is 1. The summed E-state index contributed by atoms with van der Waals surface area (Å²) in [6.45, 7) is 3.90. The number of hydrogen-bond acceptors (Lipinski definition) is 4. The second-order valence-electron chi connectivity index (χ2n) is 7.08. The Bertz CT molecular complexity index is 969. The summed E-state index contributed by atoms with van der Waals surface area (Å²) in [5.74, 6) is 0. The minimum absolute atomic E-state index is 0.0589. The molecule has 0 saturated heterocycles. The topological polar surface area (TPSA) is 63.0 Å². The van der Waals surface area contributed by atoms with E-state index in [1.807, 2.05) is 38.1 Å². The number of thiazole rings is 1. The second-order valence-corrected chi connectivity index (χ2v) is 8.09. The molecular weight excluding hydrogens is 344 g/mol. The molecule has 0 atom stereocenters. The van der Waals surface area contributed by atoms with E-state index in [4.69, 9.17) is 4.99 Å². The van der Waals surface area contributed by atoms with Crippen molar-refractivity contribution in [3.63, 3.8) is 0 Å². The van der Waals surface area contributed by atoms with E-state index in [9.17, 15) is 4.79 Å². The van der Waals surface area contributed by atoms with Crippen LogP contribution in [0.15, 0.2) is 34.1 Å². The molecule has 0 bridgehead atoms. The van der Waals surface area contributed by atoms with Crippen LogP contribution in [0.4, 0.5) is 0 Å². The van der Waals surface area contributed by atoms with Crippen LogP contribution in [0, 0.1) is 6.92 Å². The van der Waals surface area contributed by atoms with Crippen LogP contribution in [-0.2, 0) is 0 Å². The number of H-pyrrole nitrogens is 1. The minimum atomic E-state index is -0.0589. The summed E-state index contributed by atoms with van der Waals surface area (Å²) in [5.41, 5.74) is 3.24. The van der Waals surface area contributed by atoms with Crippen LogP contribution < -0.4 is 5.56 Å². The summed E-state index contributed by atoms with van der Waals surface area (Å²) < 4.78 is 2.63. The molecule has 1 aliphatic carbocycles. The number of para-hydroxylation sites is 1. The Morgan fingerprint density at radius 2 is 1.96 bits per heavy atom. The molecule has 1 saturated carbocycles. The lowest BCUT2D eigenvalue weighted by molar-refractivity contribution is 0.586. The predicted octanol–water partition coefficient (Wildman–Crippen LogP) is 4.62. The Hall–Kier alpha value is -2.21. The average Bonchev–Trinajstić information content (AvgIpc) is 3.06. The molecule has 1 fully saturated rings. The van der Waals surface area contributed by atoms with Crippen LogP contribution in [0.25, 0.3) is 15.3 Å². The Morgan fingerprint density at radius 3 is 2.69 bits per heavy atom. The quantitative estimate of drug-likeness (QED) is 0.542. The Kier molecular flexibility index (Phi) is 4.76. The highest BCUT2D eigenvalue weighted by molar-refractivity contribution is 7.20. The molecule has 0 spiro atoms. The van der Waals surface area contributed by atoms with Gasteiger partial charge >= 0.3 is 0 Å². The lowest BCUT2D eigenvalue weighted by atomic mass is 10.1. The maximum absolute atomic E-state index is 13.0. The summed E-state index contributed by atoms with van der Waals surface area (Å²) in [5, 5.41) is 3.87. The number of nitrogens with one attached hydrogen (secondary N) is 1. The molecule has 2 heterocycles. The van der Waals surface area contributed by atoms with Gasteiger partial charge in [0.15, 0.2) is 0 Å². The van der Waals surface area contributed by atoms with Crippen LogP contribution in [0.1, 0.15) is 56.7 Å². The van der Waals surface area contributed by atoms with Gasteiger partial charge in [-0.2, -0.15) is 4.68 Å². The number of aromatic amines is 1. The molecule has 2 aromatic heterocycles. The minimum Gasteiger partial charge on any atom is -0.293 e. The van der Waals surface area contributed by atoms with Crippen LogP contribution in [0.3, 0.4) is 0 Å². The maximum Gasteiger partial charge on any atom is 0.282 e. The average molecular weight is 369 g/mol. The first-order chi connectivity index (χ1) is 12.6. The van der Waals surface area contributed by atoms with Crippen molar-refractivity contribution >= 4 is 27.3 Å². The zero-order chi connectivity index (χ0) is 18.1. The molecule has 0 unspecified atom stereocenters. The van der Waals surface area contributed by atoms with Crippen LogP contribution in [0.2, 0.25) is 0 Å². The Morgan fingerprint density at radius 1 is 1.23 bits per heavy atom. The van der Waals surface area contributed by atoms with Crippen LogP contribution in [0.5, 0.6) is 0 Å². The number of aryl methyl sites for hydroxylation is 1. The Labute approximate surface area is 156 Å². The molecule has 1 N–H and O–H groups in total. The largest absolute Gasteiger partial charge is 0.293 e. The number of nitrogens with zero attached hydrogens (tertiary/aromatic N) is 3. The third-order valence-corrected chi connectivity index (χ3v) is 6.13. The van der Waals surface area contributed by atoms with E-state index in [1.54, 1.807) is 4.68 Å². The summed E-state index contributed by atoms with van der Waals surface area (Å²) in [6.07, 6.45) is 7.35. The molecule has 0 aliphatic heterocycles. The van der Waals surface area contributed by atoms with E-state index in [2.05, 4.69) is 10.1 Å². The smallest absolute Gasteiger partial charge is 0.282 e. The molecule has 6 heteroatoms. The van der Waals surface area contributed by atoms with E-state index in [-0.39, 0.29) is 5.56 Å². The molecule has 0 radical (unpaired) electrons. The fraction of sp³-hybridized carbons (Fsp3) is 0.450. The van der Waals surface area contributed by atoms with Gasteiger partial charge in [-0.05, 0) is 38.8 Å². The number of aliphatic imine (C=N–C) groups is 1. The van der Waals surface area contributed by atoms with Gasteiger partial charge in [0, 0.05) is 11.4 Å². The van der Waals surface area contributed by atoms with Crippen molar-refractivity contribution in [2.45, 2.75) is 58.4 Å². The number of aromatic nitrogens is 3. The number of hydrogen-bond donors (Lipinski definition) is 1. The lowest BCUT2D eigenvalue weighted by Gasteiger charge is -2.09. The van der Waals surface area contributed by atoms with Gasteiger partial charge in [0.2, 0.25) is 5.13 Å². The maximum atomic E-state index is 13.0. The highest BCUT2D eigenvalue weighted by atomic mass is 32.1. The summed E-state index contributed by atoms with van der Waals surface area (Å²) in [7, 11) is 0. The first-order valence-electron chi connectivity index (χ1n) is 9.36. The van der Waals surface area contributed by atoms with Crippen molar-refractivity contribution in [1.82, 2.24) is 14.8 Å². The highest BCUT2D eigenvalue weighted by Crippen LogP contribution is 2.24. The molecule has 136 valence electrons. The van der Waals surface area contributed by atoms with Crippen molar-refractivity contribution < 1.29 is 0 Å². The van der Waals surface area contributed by atoms with Crippen LogP contribution in [-0.4, -0.2) is 26.5 Å². The zero-order valence-corrected chi connectivity index (χ0v) is 16.1. The van der Waals surface area contributed by atoms with E-state index in [0.717, 1.165) is 34.5 Å². The van der Waals surface area contributed by atoms with Crippen molar-refractivity contribution in [3.8, 4) is 5.13 Å². The zero-order valence-electron chi connectivity index (χ0n) is 15.3. The van der Waals surface area contributed by atoms with E-state index >= 15 is 0 Å². The van der Waals surface area contributed by atoms with Crippen molar-refractivity contribution in [3.05, 3.63) is 45.9 Å². The summed E-state index contributed by atoms with van der Waals surface area (Å²) in [4.78, 5) is 22.5. The molecule has 3 aromatic rings. The molecule has 26 heavy (non-hydrogen) atoms. The van der Waals surface area contributed by atoms with E-state index in [0.29, 0.717) is 16.7 Å². The first-order valence-corrected chi connectivity index (χ1v) is 10.2. The fourth-order valence-corrected chi connectivity index (χ4v) is 4.71. The van der Waals surface area contributed by atoms with Crippen molar-refractivity contribution in [2.24, 2.45) is 4.99 Å². The van der Waals surface area contributed by atoms with Crippen LogP contribution >= 0.6 is 11.3 Å². The van der Waals surface area contributed by atoms with Crippen molar-refractivity contribution in [2.75, 3.05) is 0 Å². The molecule has 1 aliphatic rings. The van der Waals surface area contributed by atoms with Gasteiger partial charge in [-0.25, -0.2) is 4.98 Å². The van der Waals surface area contributed by atoms with Gasteiger partial charge in [0.25, 0.3) is 5.56 Å². The van der Waals surface area contributed by atoms with Gasteiger partial charge in [0.05, 0.1) is 21.8 Å². The molecule has 0 amide bonds. The lowest BCUT2D eigenvalue weighted by Crippen LogP contribution is -2.20. The highest BCUT2D eigenvalue weighted by Gasteiger charge is 2.19. The predicted molar refractivity (Wildman–Crippen MR) is 108 cm³/mol. The summed E-state index contributed by atoms with van der Waals surface area (Å²) >= 11 is 1.52. The fourth-order valence-electron chi connectivity index (χ4n) is 3.79. The third-order valence-electron chi connectivity index (χ3n) is 5.11. The molecule has 5 nitrogen and oxygen atoms in total. The van der Waals surface area contributed by atoms with Gasteiger partial charge in [-0.1, -0.05) is 49.2 Å². The first kappa shape index (κ1) is 17.2. The van der Waals surface area contributed by atoms with Crippen molar-refractivity contribution in [1.29, 1.82) is 0 Å². The van der Waals surface area contributed by atoms with Gasteiger partial charge in [-0.3, -0.25) is 14.9 Å². The monoisotopic (exact) mass is 368 g/mol. The normalized spacial score (nSPS) is 16.9. The van der Waals surface area contributed by atoms with Gasteiger partial charge < -0.3 is 0 Å². The SMILES string of the molecule is CC(=NC1CCCCCC1)c1c(C)[nH]n(-c2nc3ccccc3s2)c1=O. The molecule has 4 rings (SSSR count). The van der Waals surface area contributed by atoms with Gasteiger partial charge in [0.1, 0.15) is 0 Å². The van der Waals surface area contributed by atoms with E-state index < -0.39 is 0 Å². The number of rotatable bonds is 3. The Balaban J connectivity index is 1.71. The number of fused-ring (bicyclic) bond motifs is 1. The van der Waals surface area contributed by atoms with Gasteiger partial charge in [-0.15, -0.1) is 0 Å². The molecular formula is C20H24N4OS.